The first-order valence-corrected chi connectivity index (χ1v) is 6.68. The number of ether oxygens (including phenoxy) is 1. The van der Waals surface area contributed by atoms with E-state index in [4.69, 9.17) is 4.74 Å². The van der Waals surface area contributed by atoms with E-state index >= 15 is 0 Å². The van der Waals surface area contributed by atoms with E-state index in [1.54, 1.807) is 0 Å². The third-order valence-electron chi connectivity index (χ3n) is 2.94. The average Bonchev–Trinajstić information content (AvgIpc) is 3.03. The van der Waals surface area contributed by atoms with E-state index in [9.17, 15) is 0 Å². The fourth-order valence-corrected chi connectivity index (χ4v) is 1.61. The van der Waals surface area contributed by atoms with Crippen LogP contribution in [0.15, 0.2) is 0 Å². The molecular formula is C13H28N2O. The van der Waals surface area contributed by atoms with E-state index in [2.05, 4.69) is 31.1 Å². The highest BCUT2D eigenvalue weighted by molar-refractivity contribution is 4.72. The lowest BCUT2D eigenvalue weighted by Crippen LogP contribution is -2.29. The van der Waals surface area contributed by atoms with Crippen molar-refractivity contribution in [2.45, 2.75) is 39.2 Å². The van der Waals surface area contributed by atoms with Gasteiger partial charge in [0.1, 0.15) is 0 Å². The molecule has 0 aliphatic heterocycles. The molecule has 1 aliphatic rings. The van der Waals surface area contributed by atoms with Crippen LogP contribution in [0.1, 0.15) is 33.1 Å². The molecule has 0 spiro atoms. The van der Waals surface area contributed by atoms with Crippen LogP contribution in [0.3, 0.4) is 0 Å². The molecule has 0 saturated heterocycles. The summed E-state index contributed by atoms with van der Waals surface area (Å²) in [6.07, 6.45) is 3.99. The third-order valence-corrected chi connectivity index (χ3v) is 2.94. The predicted molar refractivity (Wildman–Crippen MR) is 68.8 cm³/mol. The standard InChI is InChI=1S/C13H28N2O/c1-12(2)14-7-4-8-15(3)9-10-16-11-13-5-6-13/h12-14H,4-11H2,1-3H3. The number of hydrogen-bond donors (Lipinski definition) is 1. The molecule has 0 bridgehead atoms. The van der Waals surface area contributed by atoms with Crippen molar-refractivity contribution in [3.63, 3.8) is 0 Å². The average molecular weight is 228 g/mol. The molecule has 1 saturated carbocycles. The van der Waals surface area contributed by atoms with Crippen LogP contribution < -0.4 is 5.32 Å². The SMILES string of the molecule is CC(C)NCCCN(C)CCOCC1CC1. The Morgan fingerprint density at radius 3 is 2.69 bits per heavy atom. The van der Waals surface area contributed by atoms with E-state index in [1.807, 2.05) is 0 Å². The molecule has 0 heterocycles. The molecule has 3 heteroatoms. The Hall–Kier alpha value is -0.120. The second-order valence-corrected chi connectivity index (χ2v) is 5.28. The fraction of sp³-hybridized carbons (Fsp3) is 1.00. The summed E-state index contributed by atoms with van der Waals surface area (Å²) < 4.78 is 5.62. The molecule has 1 fully saturated rings. The van der Waals surface area contributed by atoms with E-state index in [0.717, 1.165) is 38.8 Å². The van der Waals surface area contributed by atoms with Crippen LogP contribution in [0.2, 0.25) is 0 Å². The second kappa shape index (κ2) is 8.04. The van der Waals surface area contributed by atoms with Crippen LogP contribution in [0.25, 0.3) is 0 Å². The number of nitrogens with zero attached hydrogens (tertiary/aromatic N) is 1. The highest BCUT2D eigenvalue weighted by atomic mass is 16.5. The number of nitrogens with one attached hydrogen (secondary N) is 1. The van der Waals surface area contributed by atoms with Gasteiger partial charge in [-0.15, -0.1) is 0 Å². The van der Waals surface area contributed by atoms with Crippen LogP contribution in [0, 0.1) is 5.92 Å². The molecule has 0 aromatic heterocycles. The lowest BCUT2D eigenvalue weighted by atomic mass is 10.3. The monoisotopic (exact) mass is 228 g/mol. The Bertz CT molecular complexity index is 159. The van der Waals surface area contributed by atoms with Crippen molar-refractivity contribution in [1.29, 1.82) is 0 Å². The maximum Gasteiger partial charge on any atom is 0.0593 e. The molecule has 0 amide bonds. The van der Waals surface area contributed by atoms with E-state index in [-0.39, 0.29) is 0 Å². The zero-order chi connectivity index (χ0) is 11.8. The molecule has 0 aromatic carbocycles. The lowest BCUT2D eigenvalue weighted by Gasteiger charge is -2.17. The number of rotatable bonds is 10. The molecule has 1 N–H and O–H groups in total. The third kappa shape index (κ3) is 8.08. The van der Waals surface area contributed by atoms with Gasteiger partial charge in [-0.25, -0.2) is 0 Å². The topological polar surface area (TPSA) is 24.5 Å². The van der Waals surface area contributed by atoms with Gasteiger partial charge in [-0.05, 0) is 45.3 Å². The molecule has 0 radical (unpaired) electrons. The molecule has 0 atom stereocenters. The minimum atomic E-state index is 0.604. The van der Waals surface area contributed by atoms with E-state index in [1.165, 1.54) is 19.3 Å². The summed E-state index contributed by atoms with van der Waals surface area (Å²) >= 11 is 0. The Kier molecular flexibility index (Phi) is 7.01. The Balaban J connectivity index is 1.79. The maximum atomic E-state index is 5.62. The summed E-state index contributed by atoms with van der Waals surface area (Å²) in [6, 6.07) is 0.604. The first kappa shape index (κ1) is 13.9. The predicted octanol–water partition coefficient (Wildman–Crippen LogP) is 1.73. The van der Waals surface area contributed by atoms with E-state index in [0.29, 0.717) is 6.04 Å². The quantitative estimate of drug-likeness (QED) is 0.576. The molecule has 1 aliphatic carbocycles. The van der Waals surface area contributed by atoms with Crippen LogP contribution in [0.5, 0.6) is 0 Å². The van der Waals surface area contributed by atoms with Crippen LogP contribution in [0.4, 0.5) is 0 Å². The molecular weight excluding hydrogens is 200 g/mol. The van der Waals surface area contributed by atoms with Gasteiger partial charge in [0.25, 0.3) is 0 Å². The Morgan fingerprint density at radius 1 is 1.31 bits per heavy atom. The lowest BCUT2D eigenvalue weighted by molar-refractivity contribution is 0.103. The first-order valence-electron chi connectivity index (χ1n) is 6.68. The summed E-state index contributed by atoms with van der Waals surface area (Å²) in [5.74, 6) is 0.889. The Morgan fingerprint density at radius 2 is 2.06 bits per heavy atom. The molecule has 16 heavy (non-hydrogen) atoms. The largest absolute Gasteiger partial charge is 0.380 e. The first-order chi connectivity index (χ1) is 7.68. The smallest absolute Gasteiger partial charge is 0.0593 e. The Labute approximate surface area is 101 Å². The van der Waals surface area contributed by atoms with Crippen molar-refractivity contribution in [3.8, 4) is 0 Å². The van der Waals surface area contributed by atoms with Gasteiger partial charge < -0.3 is 15.0 Å². The molecule has 1 rings (SSSR count). The summed E-state index contributed by atoms with van der Waals surface area (Å²) in [5.41, 5.74) is 0. The summed E-state index contributed by atoms with van der Waals surface area (Å²) in [4.78, 5) is 2.36. The van der Waals surface area contributed by atoms with Gasteiger partial charge in [-0.3, -0.25) is 0 Å². The summed E-state index contributed by atoms with van der Waals surface area (Å²) in [7, 11) is 2.18. The normalized spacial score (nSPS) is 16.3. The number of hydrogen-bond acceptors (Lipinski definition) is 3. The van der Waals surface area contributed by atoms with Gasteiger partial charge in [-0.1, -0.05) is 13.8 Å². The summed E-state index contributed by atoms with van der Waals surface area (Å²) in [5, 5.41) is 3.43. The molecule has 3 nitrogen and oxygen atoms in total. The zero-order valence-corrected chi connectivity index (χ0v) is 11.2. The van der Waals surface area contributed by atoms with Crippen LogP contribution in [-0.4, -0.2) is 50.8 Å². The highest BCUT2D eigenvalue weighted by Gasteiger charge is 2.20. The summed E-state index contributed by atoms with van der Waals surface area (Å²) in [6.45, 7) is 9.60. The fourth-order valence-electron chi connectivity index (χ4n) is 1.61. The van der Waals surface area contributed by atoms with Gasteiger partial charge >= 0.3 is 0 Å². The molecule has 96 valence electrons. The van der Waals surface area contributed by atoms with Crippen molar-refractivity contribution in [3.05, 3.63) is 0 Å². The van der Waals surface area contributed by atoms with Crippen molar-refractivity contribution < 1.29 is 4.74 Å². The minimum Gasteiger partial charge on any atom is -0.380 e. The van der Waals surface area contributed by atoms with E-state index < -0.39 is 0 Å². The molecule has 0 aromatic rings. The van der Waals surface area contributed by atoms with Crippen LogP contribution >= 0.6 is 0 Å². The maximum absolute atomic E-state index is 5.62. The van der Waals surface area contributed by atoms with Crippen molar-refractivity contribution >= 4 is 0 Å². The molecule has 0 unspecified atom stereocenters. The van der Waals surface area contributed by atoms with Gasteiger partial charge in [0, 0.05) is 19.2 Å². The van der Waals surface area contributed by atoms with Crippen molar-refractivity contribution in [2.75, 3.05) is 39.9 Å². The van der Waals surface area contributed by atoms with Crippen LogP contribution in [-0.2, 0) is 4.74 Å². The van der Waals surface area contributed by atoms with Crippen molar-refractivity contribution in [1.82, 2.24) is 10.2 Å². The van der Waals surface area contributed by atoms with Gasteiger partial charge in [0.15, 0.2) is 0 Å². The van der Waals surface area contributed by atoms with Gasteiger partial charge in [-0.2, -0.15) is 0 Å². The zero-order valence-electron chi connectivity index (χ0n) is 11.2. The van der Waals surface area contributed by atoms with Gasteiger partial charge in [0.2, 0.25) is 0 Å². The highest BCUT2D eigenvalue weighted by Crippen LogP contribution is 2.28. The second-order valence-electron chi connectivity index (χ2n) is 5.28. The number of likely N-dealkylation sites (N-methyl/N-ethyl adjacent to an activating group) is 1. The van der Waals surface area contributed by atoms with Crippen molar-refractivity contribution in [2.24, 2.45) is 5.92 Å². The minimum absolute atomic E-state index is 0.604. The van der Waals surface area contributed by atoms with Gasteiger partial charge in [0.05, 0.1) is 6.61 Å².